The summed E-state index contributed by atoms with van der Waals surface area (Å²) >= 11 is -0.907. The molecule has 128 valence electrons. The second kappa shape index (κ2) is 10.4. The standard InChI is InChI=1S/2C10H15.2ClH.Hf/c2*1-4-9-5-6-10(7-9)8(2)3;;;/h2*6,8H,4-5H2,1-3H3;2*1H;/q;;;;+2/p-2. The third-order valence-corrected chi connectivity index (χ3v) is 11.2. The molecule has 0 amide bonds. The van der Waals surface area contributed by atoms with Gasteiger partial charge in [-0.15, -0.1) is 0 Å². The Morgan fingerprint density at radius 2 is 1.13 bits per heavy atom. The van der Waals surface area contributed by atoms with Gasteiger partial charge in [-0.25, -0.2) is 0 Å². The van der Waals surface area contributed by atoms with E-state index >= 15 is 0 Å². The second-order valence-corrected chi connectivity index (χ2v) is 11.3. The molecule has 2 aliphatic carbocycles. The largest absolute Gasteiger partial charge is 1.00 e. The molecule has 0 heterocycles. The van der Waals surface area contributed by atoms with E-state index in [4.69, 9.17) is 0 Å². The first-order valence-corrected chi connectivity index (χ1v) is 12.2. The molecular formula is C20H30Cl2Hf. The van der Waals surface area contributed by atoms with Crippen LogP contribution in [-0.2, 0) is 22.9 Å². The van der Waals surface area contributed by atoms with Crippen LogP contribution in [0, 0.1) is 11.8 Å². The fourth-order valence-corrected chi connectivity index (χ4v) is 11.4. The molecule has 0 fully saturated rings. The van der Waals surface area contributed by atoms with Crippen molar-refractivity contribution in [3.63, 3.8) is 0 Å². The molecule has 0 radical (unpaired) electrons. The van der Waals surface area contributed by atoms with Crippen molar-refractivity contribution in [3.8, 4) is 0 Å². The van der Waals surface area contributed by atoms with Crippen LogP contribution in [0.3, 0.4) is 0 Å². The van der Waals surface area contributed by atoms with Gasteiger partial charge in [0.05, 0.1) is 0 Å². The summed E-state index contributed by atoms with van der Waals surface area (Å²) in [7, 11) is 0. The summed E-state index contributed by atoms with van der Waals surface area (Å²) in [5.74, 6) is 1.41. The average Bonchev–Trinajstić information content (AvgIpc) is 3.02. The molecule has 0 unspecified atom stereocenters. The van der Waals surface area contributed by atoms with E-state index in [0.29, 0.717) is 11.8 Å². The van der Waals surface area contributed by atoms with Crippen LogP contribution in [0.15, 0.2) is 41.1 Å². The summed E-state index contributed by atoms with van der Waals surface area (Å²) < 4.78 is 3.73. The van der Waals surface area contributed by atoms with Gasteiger partial charge in [0.2, 0.25) is 0 Å². The summed E-state index contributed by atoms with van der Waals surface area (Å²) in [6.07, 6.45) is 10.1. The Bertz CT molecular complexity index is 486. The molecule has 23 heavy (non-hydrogen) atoms. The van der Waals surface area contributed by atoms with Crippen molar-refractivity contribution >= 4 is 0 Å². The van der Waals surface area contributed by atoms with Crippen LogP contribution in [0.4, 0.5) is 0 Å². The quantitative estimate of drug-likeness (QED) is 0.445. The summed E-state index contributed by atoms with van der Waals surface area (Å²) in [4.78, 5) is 0. The molecule has 0 spiro atoms. The van der Waals surface area contributed by atoms with Crippen molar-refractivity contribution in [1.29, 1.82) is 0 Å². The molecule has 0 aromatic rings. The zero-order chi connectivity index (χ0) is 15.6. The predicted octanol–water partition coefficient (Wildman–Crippen LogP) is 0.377. The SMILES string of the molecule is CCC1=[C]([Hf+2][C]2=C(CC)CC=C2C(C)C)C(C(C)C)=CC1.[Cl-].[Cl-]. The summed E-state index contributed by atoms with van der Waals surface area (Å²) in [5, 5.41) is 0. The second-order valence-electron chi connectivity index (χ2n) is 6.83. The maximum Gasteiger partial charge on any atom is -1.00 e. The van der Waals surface area contributed by atoms with Crippen molar-refractivity contribution in [2.45, 2.75) is 67.2 Å². The van der Waals surface area contributed by atoms with Gasteiger partial charge in [-0.2, -0.15) is 0 Å². The molecule has 0 aromatic heterocycles. The van der Waals surface area contributed by atoms with Crippen molar-refractivity contribution in [1.82, 2.24) is 0 Å². The zero-order valence-corrected chi connectivity index (χ0v) is 20.5. The molecule has 3 heteroatoms. The van der Waals surface area contributed by atoms with E-state index in [1.54, 1.807) is 22.3 Å². The first-order chi connectivity index (χ1) is 9.99. The normalized spacial score (nSPS) is 17.2. The molecule has 2 aliphatic rings. The third kappa shape index (κ3) is 5.19. The molecule has 0 aliphatic heterocycles. The Morgan fingerprint density at radius 3 is 1.39 bits per heavy atom. The molecule has 0 nitrogen and oxygen atoms in total. The van der Waals surface area contributed by atoms with Crippen LogP contribution in [0.1, 0.15) is 67.2 Å². The summed E-state index contributed by atoms with van der Waals surface area (Å²) in [6.45, 7) is 14.2. The van der Waals surface area contributed by atoms with Crippen molar-refractivity contribution < 1.29 is 47.7 Å². The molecule has 2 rings (SSSR count). The minimum Gasteiger partial charge on any atom is -1.00 e. The Labute approximate surface area is 167 Å². The van der Waals surface area contributed by atoms with Crippen molar-refractivity contribution in [2.75, 3.05) is 0 Å². The van der Waals surface area contributed by atoms with Crippen LogP contribution in [0.2, 0.25) is 0 Å². The van der Waals surface area contributed by atoms with Crippen LogP contribution in [0.5, 0.6) is 0 Å². The molecule has 0 saturated carbocycles. The van der Waals surface area contributed by atoms with Gasteiger partial charge in [-0.1, -0.05) is 0 Å². The van der Waals surface area contributed by atoms with Gasteiger partial charge in [0.15, 0.2) is 0 Å². The van der Waals surface area contributed by atoms with E-state index in [9.17, 15) is 0 Å². The maximum absolute atomic E-state index is 2.53. The minimum absolute atomic E-state index is 0. The number of halogens is 2. The number of hydrogen-bond acceptors (Lipinski definition) is 0. The van der Waals surface area contributed by atoms with E-state index in [1.165, 1.54) is 25.7 Å². The minimum atomic E-state index is -0.907. The Morgan fingerprint density at radius 1 is 0.783 bits per heavy atom. The number of rotatable bonds is 6. The smallest absolute Gasteiger partial charge is 1.00 e. The van der Waals surface area contributed by atoms with Crippen LogP contribution < -0.4 is 24.8 Å². The van der Waals surface area contributed by atoms with Gasteiger partial charge >= 0.3 is 143 Å². The number of hydrogen-bond donors (Lipinski definition) is 0. The number of allylic oxidation sites excluding steroid dienone is 8. The molecule has 0 atom stereocenters. The first-order valence-electron chi connectivity index (χ1n) is 8.61. The van der Waals surface area contributed by atoms with Gasteiger partial charge in [-0.05, 0) is 0 Å². The van der Waals surface area contributed by atoms with Crippen molar-refractivity contribution in [3.05, 3.63) is 41.1 Å². The summed E-state index contributed by atoms with van der Waals surface area (Å²) in [5.41, 5.74) is 6.93. The van der Waals surface area contributed by atoms with Gasteiger partial charge in [-0.3, -0.25) is 0 Å². The Balaban J connectivity index is 0.00000242. The van der Waals surface area contributed by atoms with Gasteiger partial charge in [0.25, 0.3) is 0 Å². The van der Waals surface area contributed by atoms with Crippen LogP contribution in [-0.4, -0.2) is 0 Å². The van der Waals surface area contributed by atoms with Crippen LogP contribution >= 0.6 is 0 Å². The molecule has 0 N–H and O–H groups in total. The van der Waals surface area contributed by atoms with Gasteiger partial charge < -0.3 is 24.8 Å². The Hall–Kier alpha value is 0.410. The Kier molecular flexibility index (Phi) is 10.6. The summed E-state index contributed by atoms with van der Waals surface area (Å²) in [6, 6.07) is 0. The topological polar surface area (TPSA) is 0 Å². The van der Waals surface area contributed by atoms with E-state index in [2.05, 4.69) is 53.7 Å². The predicted molar refractivity (Wildman–Crippen MR) is 89.7 cm³/mol. The van der Waals surface area contributed by atoms with Gasteiger partial charge in [0.1, 0.15) is 0 Å². The van der Waals surface area contributed by atoms with E-state index in [0.717, 1.165) is 0 Å². The van der Waals surface area contributed by atoms with Crippen LogP contribution in [0.25, 0.3) is 0 Å². The molecular weight excluding hydrogens is 490 g/mol. The zero-order valence-electron chi connectivity index (χ0n) is 15.4. The third-order valence-electron chi connectivity index (χ3n) is 4.77. The molecule has 0 bridgehead atoms. The first kappa shape index (κ1) is 23.4. The fourth-order valence-electron chi connectivity index (χ4n) is 3.42. The molecule has 0 aromatic carbocycles. The van der Waals surface area contributed by atoms with E-state index < -0.39 is 22.9 Å². The van der Waals surface area contributed by atoms with E-state index in [-0.39, 0.29) is 24.8 Å². The fraction of sp³-hybridized carbons (Fsp3) is 0.600. The maximum atomic E-state index is 2.53. The monoisotopic (exact) mass is 520 g/mol. The molecule has 0 saturated heterocycles. The van der Waals surface area contributed by atoms with E-state index in [1.807, 2.05) is 6.66 Å². The van der Waals surface area contributed by atoms with Crippen molar-refractivity contribution in [2.24, 2.45) is 11.8 Å². The average molecular weight is 520 g/mol. The van der Waals surface area contributed by atoms with Gasteiger partial charge in [0, 0.05) is 0 Å².